The molecule has 410 valence electrons. The van der Waals surface area contributed by atoms with Crippen LogP contribution in [0, 0.1) is 62.9 Å². The van der Waals surface area contributed by atoms with Crippen molar-refractivity contribution in [2.75, 3.05) is 14.2 Å². The summed E-state index contributed by atoms with van der Waals surface area (Å²) in [6, 6.07) is 9.45. The van der Waals surface area contributed by atoms with Crippen molar-refractivity contribution < 1.29 is 79.2 Å². The maximum Gasteiger partial charge on any atom is 0.416 e. The minimum Gasteiger partial charge on any atom is -0.496 e. The zero-order valence-electron chi connectivity index (χ0n) is 44.6. The number of alkyl halides is 12. The van der Waals surface area contributed by atoms with Crippen LogP contribution in [0.3, 0.4) is 0 Å². The first-order valence-electron chi connectivity index (χ1n) is 23.7. The number of benzene rings is 4. The molecule has 4 aromatic rings. The first kappa shape index (κ1) is 64.5. The molecule has 75 heavy (non-hydrogen) atoms. The number of halogens is 12. The van der Waals surface area contributed by atoms with E-state index < -0.39 is 101 Å². The van der Waals surface area contributed by atoms with E-state index in [1.54, 1.807) is 20.6 Å². The Labute approximate surface area is 450 Å². The van der Waals surface area contributed by atoms with Crippen LogP contribution < -0.4 is 30.7 Å². The van der Waals surface area contributed by atoms with Crippen LogP contribution in [0.4, 0.5) is 52.7 Å². The molecule has 2 aliphatic carbocycles. The molecule has 0 aromatic heterocycles. The van der Waals surface area contributed by atoms with Crippen LogP contribution in [0.25, 0.3) is 0 Å². The summed E-state index contributed by atoms with van der Waals surface area (Å²) >= 11 is 0. The van der Waals surface area contributed by atoms with Crippen molar-refractivity contribution in [3.05, 3.63) is 168 Å². The van der Waals surface area contributed by atoms with Gasteiger partial charge in [0.1, 0.15) is 11.5 Å². The van der Waals surface area contributed by atoms with E-state index in [1.165, 1.54) is 12.8 Å². The number of hydrogen-bond donors (Lipinski definition) is 0. The molecule has 0 bridgehead atoms. The summed E-state index contributed by atoms with van der Waals surface area (Å²) in [4.78, 5) is 0. The Bertz CT molecular complexity index is 2290. The fourth-order valence-electron chi connectivity index (χ4n) is 8.77. The van der Waals surface area contributed by atoms with Gasteiger partial charge < -0.3 is 9.47 Å². The molecule has 0 aliphatic heterocycles. The molecule has 1 atom stereocenters. The topological polar surface area (TPSA) is 18.5 Å². The van der Waals surface area contributed by atoms with Crippen molar-refractivity contribution in [1.29, 1.82) is 0 Å². The zero-order valence-corrected chi connectivity index (χ0v) is 47.5. The fraction of sp³-hybridized carbons (Fsp3) is 0.414. The van der Waals surface area contributed by atoms with Crippen LogP contribution in [-0.4, -0.2) is 19.9 Å². The minimum absolute atomic E-state index is 0. The van der Waals surface area contributed by atoms with E-state index in [4.69, 9.17) is 9.47 Å². The molecule has 4 aromatic carbocycles. The van der Waals surface area contributed by atoms with Gasteiger partial charge in [-0.3, -0.25) is 0 Å². The van der Waals surface area contributed by atoms with Gasteiger partial charge in [0.2, 0.25) is 0 Å². The predicted octanol–water partition coefficient (Wildman–Crippen LogP) is 16.7. The van der Waals surface area contributed by atoms with E-state index in [0.29, 0.717) is 41.7 Å². The average molecular weight is 1140 g/mol. The van der Waals surface area contributed by atoms with E-state index in [0.717, 1.165) is 32.9 Å². The zero-order chi connectivity index (χ0) is 56.1. The van der Waals surface area contributed by atoms with Crippen LogP contribution in [0.1, 0.15) is 135 Å². The second kappa shape index (κ2) is 23.4. The molecular weight excluding hydrogens is 1070 g/mol. The molecular formula is C58H64F12FeO2P2. The first-order valence-corrected chi connectivity index (χ1v) is 26.4. The van der Waals surface area contributed by atoms with E-state index in [-0.39, 0.29) is 34.9 Å². The molecule has 0 unspecified atom stereocenters. The Morgan fingerprint density at radius 2 is 0.640 bits per heavy atom. The third-order valence-corrected chi connectivity index (χ3v) is 17.6. The third-order valence-electron chi connectivity index (χ3n) is 12.5. The molecule has 2 aliphatic rings. The molecule has 0 saturated heterocycles. The van der Waals surface area contributed by atoms with Gasteiger partial charge in [0.25, 0.3) is 0 Å². The molecule has 2 fully saturated rings. The SMILES string of the molecule is COc1c(C(C)(C)C)cc(P(c2cc(C(C)(C)C)c(OC)c(C(C)(C)C)c2)[C@@H](C)[C]2[CH][CH][CH][C]2P(c2cc(C(F)(F)F)cc(C(F)(F)F)c2)c2cc(C(F)(F)F)cc(C(F)(F)F)c2)cc1C(C)(C)C.[CH]1[CH][CH][CH][CH]1.[Fe]. The van der Waals surface area contributed by atoms with E-state index in [2.05, 4.69) is 0 Å². The Balaban J connectivity index is 0.00000191. The van der Waals surface area contributed by atoms with Gasteiger partial charge in [-0.05, 0) is 182 Å². The van der Waals surface area contributed by atoms with Crippen molar-refractivity contribution in [2.45, 2.75) is 142 Å². The number of methoxy groups -OCH3 is 2. The number of ether oxygens (including phenoxy) is 2. The molecule has 6 rings (SSSR count). The van der Waals surface area contributed by atoms with Crippen molar-refractivity contribution in [3.63, 3.8) is 0 Å². The second-order valence-corrected chi connectivity index (χ2v) is 27.1. The summed E-state index contributed by atoms with van der Waals surface area (Å²) in [5.41, 5.74) is -6.53. The maximum atomic E-state index is 14.6. The molecule has 0 amide bonds. The molecule has 10 radical (unpaired) electrons. The Morgan fingerprint density at radius 3 is 0.867 bits per heavy atom. The molecule has 17 heteroatoms. The largest absolute Gasteiger partial charge is 0.496 e. The Kier molecular flexibility index (Phi) is 20.1. The monoisotopic (exact) mass is 1140 g/mol. The van der Waals surface area contributed by atoms with Gasteiger partial charge in [-0.1, -0.05) is 90.0 Å². The summed E-state index contributed by atoms with van der Waals surface area (Å²) in [5.74, 6) is 1.61. The van der Waals surface area contributed by atoms with E-state index in [9.17, 15) is 52.7 Å². The van der Waals surface area contributed by atoms with Crippen LogP contribution in [0.2, 0.25) is 0 Å². The first-order chi connectivity index (χ1) is 33.6. The van der Waals surface area contributed by atoms with Gasteiger partial charge in [-0.15, -0.1) is 0 Å². The summed E-state index contributed by atoms with van der Waals surface area (Å²) in [5, 5.41) is 0.109. The smallest absolute Gasteiger partial charge is 0.416 e. The summed E-state index contributed by atoms with van der Waals surface area (Å²) in [6.45, 7) is 26.1. The molecule has 0 spiro atoms. The van der Waals surface area contributed by atoms with Gasteiger partial charge in [-0.2, -0.15) is 52.7 Å². The average Bonchev–Trinajstić information content (AvgIpc) is 4.00. The van der Waals surface area contributed by atoms with Crippen molar-refractivity contribution in [3.8, 4) is 11.5 Å². The predicted molar refractivity (Wildman–Crippen MR) is 276 cm³/mol. The van der Waals surface area contributed by atoms with Crippen molar-refractivity contribution >= 4 is 37.1 Å². The Hall–Kier alpha value is -2.98. The van der Waals surface area contributed by atoms with E-state index >= 15 is 0 Å². The molecule has 0 N–H and O–H groups in total. The molecule has 0 heterocycles. The van der Waals surface area contributed by atoms with Gasteiger partial charge in [0.05, 0.1) is 36.5 Å². The number of hydrogen-bond acceptors (Lipinski definition) is 2. The minimum atomic E-state index is -5.38. The van der Waals surface area contributed by atoms with E-state index in [1.807, 2.05) is 146 Å². The van der Waals surface area contributed by atoms with Crippen LogP contribution >= 0.6 is 15.8 Å². The third kappa shape index (κ3) is 15.4. The van der Waals surface area contributed by atoms with Crippen LogP contribution in [0.15, 0.2) is 60.7 Å². The van der Waals surface area contributed by atoms with Crippen molar-refractivity contribution in [1.82, 2.24) is 0 Å². The van der Waals surface area contributed by atoms with Gasteiger partial charge in [-0.25, -0.2) is 0 Å². The van der Waals surface area contributed by atoms with Crippen LogP contribution in [-0.2, 0) is 63.4 Å². The fourth-order valence-corrected chi connectivity index (χ4v) is 14.3. The maximum absolute atomic E-state index is 14.6. The quantitative estimate of drug-likeness (QED) is 0.0945. The summed E-state index contributed by atoms with van der Waals surface area (Å²) in [7, 11) is -1.62. The Morgan fingerprint density at radius 1 is 0.373 bits per heavy atom. The molecule has 2 saturated carbocycles. The summed E-state index contributed by atoms with van der Waals surface area (Å²) < 4.78 is 187. The van der Waals surface area contributed by atoms with Crippen molar-refractivity contribution in [2.24, 2.45) is 0 Å². The summed E-state index contributed by atoms with van der Waals surface area (Å²) in [6.07, 6.45) is -7.09. The van der Waals surface area contributed by atoms with Gasteiger partial charge in [0.15, 0.2) is 0 Å². The second-order valence-electron chi connectivity index (χ2n) is 22.4. The van der Waals surface area contributed by atoms with Gasteiger partial charge >= 0.3 is 24.7 Å². The standard InChI is InChI=1S/C53H59F12O2P2.C5H5.Fe/c1-29(68(36-25-39(46(2,3)4)44(66-14)40(26-36)47(5,6)7)37-27-41(48(8,9)10)45(67-15)42(28-37)49(11,12)13)38-17-16-18-43(38)69(34-21-30(50(54,55)56)19-31(22-34)51(57,58)59)35-23-32(52(60,61)62)20-33(24-35)53(63,64)65;1-2-4-5-3-1;/h16-29H,1-15H3;1-5H;/t29-;;/m0../s1. The number of rotatable bonds is 9. The molecule has 2 nitrogen and oxygen atoms in total. The van der Waals surface area contributed by atoms with Crippen LogP contribution in [0.5, 0.6) is 11.5 Å². The van der Waals surface area contributed by atoms with Gasteiger partial charge in [0, 0.05) is 45.0 Å². The normalized spacial score (nSPS) is 16.3.